The van der Waals surface area contributed by atoms with Crippen molar-refractivity contribution in [1.29, 1.82) is 5.26 Å². The molecule has 0 saturated carbocycles. The molecule has 0 amide bonds. The molecular weight excluding hydrogens is 212 g/mol. The molecule has 3 heteroatoms. The Morgan fingerprint density at radius 3 is 2.41 bits per heavy atom. The Balaban J connectivity index is 1.95. The predicted molar refractivity (Wildman–Crippen MR) is 66.6 cm³/mol. The van der Waals surface area contributed by atoms with E-state index in [-0.39, 0.29) is 0 Å². The molecule has 1 N–H and O–H groups in total. The second kappa shape index (κ2) is 5.22. The van der Waals surface area contributed by atoms with E-state index in [2.05, 4.69) is 18.3 Å². The minimum atomic E-state index is 0.659. The van der Waals surface area contributed by atoms with Gasteiger partial charge >= 0.3 is 0 Å². The molecule has 0 spiro atoms. The highest BCUT2D eigenvalue weighted by atomic mass is 16.3. The number of benzene rings is 1. The van der Waals surface area contributed by atoms with E-state index >= 15 is 0 Å². The zero-order valence-corrected chi connectivity index (χ0v) is 9.73. The summed E-state index contributed by atoms with van der Waals surface area (Å²) in [5, 5.41) is 11.9. The molecule has 2 aromatic rings. The SMILES string of the molecule is CCc1ccc(CNc2ccc(C#N)cc2)o1. The summed E-state index contributed by atoms with van der Waals surface area (Å²) < 4.78 is 5.58. The quantitative estimate of drug-likeness (QED) is 0.869. The molecule has 1 aromatic carbocycles. The molecule has 86 valence electrons. The number of nitrogens with zero attached hydrogens (tertiary/aromatic N) is 1. The molecule has 0 aliphatic carbocycles. The van der Waals surface area contributed by atoms with Gasteiger partial charge in [0.15, 0.2) is 0 Å². The molecule has 2 rings (SSSR count). The second-order valence-electron chi connectivity index (χ2n) is 3.76. The summed E-state index contributed by atoms with van der Waals surface area (Å²) in [6.07, 6.45) is 0.914. The molecule has 0 saturated heterocycles. The number of hydrogen-bond acceptors (Lipinski definition) is 3. The van der Waals surface area contributed by atoms with Crippen molar-refractivity contribution in [3.8, 4) is 6.07 Å². The van der Waals surface area contributed by atoms with Crippen LogP contribution in [0.2, 0.25) is 0 Å². The minimum absolute atomic E-state index is 0.659. The second-order valence-corrected chi connectivity index (χ2v) is 3.76. The van der Waals surface area contributed by atoms with E-state index in [9.17, 15) is 0 Å². The lowest BCUT2D eigenvalue weighted by molar-refractivity contribution is 0.476. The summed E-state index contributed by atoms with van der Waals surface area (Å²) in [6.45, 7) is 2.72. The van der Waals surface area contributed by atoms with Crippen molar-refractivity contribution < 1.29 is 4.42 Å². The molecule has 0 atom stereocenters. The highest BCUT2D eigenvalue weighted by molar-refractivity contribution is 5.47. The summed E-state index contributed by atoms with van der Waals surface area (Å²) in [7, 11) is 0. The van der Waals surface area contributed by atoms with Crippen molar-refractivity contribution in [2.24, 2.45) is 0 Å². The highest BCUT2D eigenvalue weighted by Gasteiger charge is 2.00. The Hall–Kier alpha value is -2.21. The summed E-state index contributed by atoms with van der Waals surface area (Å²) in [5.74, 6) is 1.92. The Labute approximate surface area is 101 Å². The summed E-state index contributed by atoms with van der Waals surface area (Å²) in [5.41, 5.74) is 1.65. The van der Waals surface area contributed by atoms with Crippen LogP contribution in [0.15, 0.2) is 40.8 Å². The Bertz CT molecular complexity index is 520. The van der Waals surface area contributed by atoms with Gasteiger partial charge in [-0.15, -0.1) is 0 Å². The summed E-state index contributed by atoms with van der Waals surface area (Å²) >= 11 is 0. The van der Waals surface area contributed by atoms with E-state index in [0.29, 0.717) is 12.1 Å². The molecule has 3 nitrogen and oxygen atoms in total. The minimum Gasteiger partial charge on any atom is -0.464 e. The van der Waals surface area contributed by atoms with E-state index in [0.717, 1.165) is 23.6 Å². The number of furan rings is 1. The number of rotatable bonds is 4. The van der Waals surface area contributed by atoms with Gasteiger partial charge in [-0.05, 0) is 36.4 Å². The van der Waals surface area contributed by atoms with Crippen molar-refractivity contribution in [3.05, 3.63) is 53.5 Å². The Kier molecular flexibility index (Phi) is 3.46. The van der Waals surface area contributed by atoms with Crippen LogP contribution >= 0.6 is 0 Å². The van der Waals surface area contributed by atoms with Gasteiger partial charge in [0, 0.05) is 12.1 Å². The first-order valence-corrected chi connectivity index (χ1v) is 5.63. The first-order chi connectivity index (χ1) is 8.31. The zero-order chi connectivity index (χ0) is 12.1. The summed E-state index contributed by atoms with van der Waals surface area (Å²) in [4.78, 5) is 0. The van der Waals surface area contributed by atoms with Crippen LogP contribution < -0.4 is 5.32 Å². The normalized spacial score (nSPS) is 9.88. The molecule has 1 heterocycles. The maximum Gasteiger partial charge on any atom is 0.123 e. The van der Waals surface area contributed by atoms with Crippen molar-refractivity contribution in [2.45, 2.75) is 19.9 Å². The van der Waals surface area contributed by atoms with Gasteiger partial charge in [-0.3, -0.25) is 0 Å². The highest BCUT2D eigenvalue weighted by Crippen LogP contribution is 2.13. The first-order valence-electron chi connectivity index (χ1n) is 5.63. The number of anilines is 1. The topological polar surface area (TPSA) is 49.0 Å². The number of nitriles is 1. The standard InChI is InChI=1S/C14H14N2O/c1-2-13-7-8-14(17-13)10-16-12-5-3-11(9-15)4-6-12/h3-8,16H,2,10H2,1H3. The molecule has 0 unspecified atom stereocenters. The van der Waals surface area contributed by atoms with E-state index < -0.39 is 0 Å². The van der Waals surface area contributed by atoms with Gasteiger partial charge in [-0.2, -0.15) is 5.26 Å². The smallest absolute Gasteiger partial charge is 0.123 e. The molecule has 1 aromatic heterocycles. The first kappa shape index (κ1) is 11.3. The van der Waals surface area contributed by atoms with Crippen LogP contribution in [-0.4, -0.2) is 0 Å². The van der Waals surface area contributed by atoms with Gasteiger partial charge in [0.1, 0.15) is 11.5 Å². The van der Waals surface area contributed by atoms with Crippen LogP contribution in [0.3, 0.4) is 0 Å². The fraction of sp³-hybridized carbons (Fsp3) is 0.214. The van der Waals surface area contributed by atoms with E-state index in [1.54, 1.807) is 12.1 Å². The van der Waals surface area contributed by atoms with Gasteiger partial charge in [0.05, 0.1) is 18.2 Å². The van der Waals surface area contributed by atoms with Gasteiger partial charge in [-0.1, -0.05) is 6.92 Å². The fourth-order valence-corrected chi connectivity index (χ4v) is 1.56. The maximum absolute atomic E-state index is 8.68. The van der Waals surface area contributed by atoms with Crippen LogP contribution in [0.4, 0.5) is 5.69 Å². The molecule has 0 bridgehead atoms. The lowest BCUT2D eigenvalue weighted by Gasteiger charge is -2.03. The fourth-order valence-electron chi connectivity index (χ4n) is 1.56. The zero-order valence-electron chi connectivity index (χ0n) is 9.73. The Morgan fingerprint density at radius 1 is 1.12 bits per heavy atom. The monoisotopic (exact) mass is 226 g/mol. The molecule has 17 heavy (non-hydrogen) atoms. The third-order valence-corrected chi connectivity index (χ3v) is 2.55. The van der Waals surface area contributed by atoms with Crippen LogP contribution in [0, 0.1) is 11.3 Å². The molecular formula is C14H14N2O. The van der Waals surface area contributed by atoms with E-state index in [1.807, 2.05) is 24.3 Å². The lowest BCUT2D eigenvalue weighted by atomic mass is 10.2. The molecule has 0 aliphatic heterocycles. The van der Waals surface area contributed by atoms with Crippen molar-refractivity contribution in [1.82, 2.24) is 0 Å². The third-order valence-electron chi connectivity index (χ3n) is 2.55. The van der Waals surface area contributed by atoms with E-state index in [4.69, 9.17) is 9.68 Å². The summed E-state index contributed by atoms with van der Waals surface area (Å²) in [6, 6.07) is 13.4. The van der Waals surface area contributed by atoms with Crippen molar-refractivity contribution in [3.63, 3.8) is 0 Å². The van der Waals surface area contributed by atoms with E-state index in [1.165, 1.54) is 0 Å². The average molecular weight is 226 g/mol. The van der Waals surface area contributed by atoms with Crippen LogP contribution in [0.25, 0.3) is 0 Å². The van der Waals surface area contributed by atoms with Crippen LogP contribution in [0.1, 0.15) is 24.0 Å². The predicted octanol–water partition coefficient (Wildman–Crippen LogP) is 3.33. The molecule has 0 radical (unpaired) electrons. The lowest BCUT2D eigenvalue weighted by Crippen LogP contribution is -1.97. The largest absolute Gasteiger partial charge is 0.464 e. The van der Waals surface area contributed by atoms with Gasteiger partial charge < -0.3 is 9.73 Å². The number of nitrogens with one attached hydrogen (secondary N) is 1. The molecule has 0 fully saturated rings. The number of hydrogen-bond donors (Lipinski definition) is 1. The van der Waals surface area contributed by atoms with Gasteiger partial charge in [0.25, 0.3) is 0 Å². The van der Waals surface area contributed by atoms with Crippen LogP contribution in [-0.2, 0) is 13.0 Å². The molecule has 0 aliphatic rings. The number of aryl methyl sites for hydroxylation is 1. The maximum atomic E-state index is 8.68. The van der Waals surface area contributed by atoms with Gasteiger partial charge in [-0.25, -0.2) is 0 Å². The average Bonchev–Trinajstić information content (AvgIpc) is 2.85. The third kappa shape index (κ3) is 2.88. The Morgan fingerprint density at radius 2 is 1.82 bits per heavy atom. The van der Waals surface area contributed by atoms with Crippen molar-refractivity contribution >= 4 is 5.69 Å². The van der Waals surface area contributed by atoms with Gasteiger partial charge in [0.2, 0.25) is 0 Å². The van der Waals surface area contributed by atoms with Crippen molar-refractivity contribution in [2.75, 3.05) is 5.32 Å². The van der Waals surface area contributed by atoms with Crippen LogP contribution in [0.5, 0.6) is 0 Å².